The Morgan fingerprint density at radius 1 is 0.871 bits per heavy atom. The van der Waals surface area contributed by atoms with Gasteiger partial charge < -0.3 is 0 Å². The summed E-state index contributed by atoms with van der Waals surface area (Å²) in [7, 11) is 0. The average molecular weight is 431 g/mol. The number of carbonyl (C=O) groups is 2. The highest BCUT2D eigenvalue weighted by atomic mass is 32.2. The number of hydrazine groups is 1. The minimum absolute atomic E-state index is 0.0331. The van der Waals surface area contributed by atoms with Crippen LogP contribution in [0.2, 0.25) is 0 Å². The summed E-state index contributed by atoms with van der Waals surface area (Å²) in [6, 6.07) is 16.6. The van der Waals surface area contributed by atoms with Crippen LogP contribution in [-0.2, 0) is 4.79 Å². The number of pyridine rings is 2. The van der Waals surface area contributed by atoms with Crippen molar-refractivity contribution in [3.8, 4) is 17.1 Å². The van der Waals surface area contributed by atoms with Crippen molar-refractivity contribution < 1.29 is 9.59 Å². The van der Waals surface area contributed by atoms with Crippen LogP contribution in [0.4, 0.5) is 0 Å². The summed E-state index contributed by atoms with van der Waals surface area (Å²) in [4.78, 5) is 32.3. The Bertz CT molecular complexity index is 1170. The number of para-hydroxylation sites is 1. The Balaban J connectivity index is 1.47. The fourth-order valence-electron chi connectivity index (χ4n) is 2.72. The molecule has 4 rings (SSSR count). The van der Waals surface area contributed by atoms with Gasteiger partial charge in [0, 0.05) is 36.0 Å². The molecule has 0 aliphatic carbocycles. The van der Waals surface area contributed by atoms with Crippen LogP contribution in [-0.4, -0.2) is 42.3 Å². The smallest absolute Gasteiger partial charge is 0.271 e. The van der Waals surface area contributed by atoms with Crippen LogP contribution in [0.3, 0.4) is 0 Å². The van der Waals surface area contributed by atoms with Crippen molar-refractivity contribution in [2.75, 3.05) is 5.75 Å². The molecule has 0 spiro atoms. The highest BCUT2D eigenvalue weighted by Gasteiger charge is 2.17. The van der Waals surface area contributed by atoms with E-state index in [0.29, 0.717) is 16.5 Å². The molecule has 0 fully saturated rings. The number of thioether (sulfide) groups is 1. The third-order valence-electron chi connectivity index (χ3n) is 4.14. The summed E-state index contributed by atoms with van der Waals surface area (Å²) in [5.74, 6) is -0.177. The first-order chi connectivity index (χ1) is 15.2. The number of hydrogen-bond acceptors (Lipinski definition) is 7. The van der Waals surface area contributed by atoms with Crippen LogP contribution in [0.15, 0.2) is 84.5 Å². The lowest BCUT2D eigenvalue weighted by Gasteiger charge is -2.10. The average Bonchev–Trinajstić information content (AvgIpc) is 3.27. The molecule has 154 valence electrons. The van der Waals surface area contributed by atoms with E-state index in [9.17, 15) is 9.59 Å². The van der Waals surface area contributed by atoms with Crippen LogP contribution in [0, 0.1) is 0 Å². The monoisotopic (exact) mass is 431 g/mol. The maximum atomic E-state index is 12.2. The standard InChI is InChI=1S/C21H17N7O2S/c29-18(24-26-20(30)16-7-5-11-23-13-16)14-31-21-27-25-19(15-6-4-10-22-12-15)28(21)17-8-2-1-3-9-17/h1-13H,14H2,(H,24,29)(H,26,30). The Hall–Kier alpha value is -4.05. The zero-order valence-electron chi connectivity index (χ0n) is 16.2. The van der Waals surface area contributed by atoms with Gasteiger partial charge in [-0.1, -0.05) is 30.0 Å². The predicted octanol–water partition coefficient (Wildman–Crippen LogP) is 2.28. The molecule has 2 amide bonds. The molecule has 0 saturated heterocycles. The van der Waals surface area contributed by atoms with Crippen molar-refractivity contribution in [3.63, 3.8) is 0 Å². The first-order valence-corrected chi connectivity index (χ1v) is 10.2. The lowest BCUT2D eigenvalue weighted by molar-refractivity contribution is -0.119. The number of aromatic nitrogens is 5. The highest BCUT2D eigenvalue weighted by Crippen LogP contribution is 2.27. The summed E-state index contributed by atoms with van der Waals surface area (Å²) >= 11 is 1.21. The van der Waals surface area contributed by atoms with Crippen molar-refractivity contribution in [1.29, 1.82) is 0 Å². The molecular weight excluding hydrogens is 414 g/mol. The maximum absolute atomic E-state index is 12.2. The first-order valence-electron chi connectivity index (χ1n) is 9.25. The molecule has 0 unspecified atom stereocenters. The van der Waals surface area contributed by atoms with E-state index < -0.39 is 5.91 Å². The molecule has 0 radical (unpaired) electrons. The number of rotatable bonds is 6. The van der Waals surface area contributed by atoms with E-state index >= 15 is 0 Å². The van der Waals surface area contributed by atoms with Crippen molar-refractivity contribution in [3.05, 3.63) is 84.9 Å². The number of hydrogen-bond donors (Lipinski definition) is 2. The van der Waals surface area contributed by atoms with Gasteiger partial charge in [-0.3, -0.25) is 35.0 Å². The Labute approximate surface area is 181 Å². The molecule has 4 aromatic rings. The van der Waals surface area contributed by atoms with E-state index in [1.807, 2.05) is 47.0 Å². The van der Waals surface area contributed by atoms with E-state index in [-0.39, 0.29) is 11.7 Å². The molecule has 3 heterocycles. The Morgan fingerprint density at radius 3 is 2.35 bits per heavy atom. The topological polar surface area (TPSA) is 115 Å². The van der Waals surface area contributed by atoms with E-state index in [1.54, 1.807) is 30.7 Å². The van der Waals surface area contributed by atoms with E-state index in [1.165, 1.54) is 18.0 Å². The zero-order chi connectivity index (χ0) is 21.5. The molecule has 0 atom stereocenters. The summed E-state index contributed by atoms with van der Waals surface area (Å²) < 4.78 is 1.86. The van der Waals surface area contributed by atoms with Gasteiger partial charge in [0.05, 0.1) is 11.3 Å². The second-order valence-corrected chi connectivity index (χ2v) is 7.19. The van der Waals surface area contributed by atoms with Gasteiger partial charge in [0.2, 0.25) is 5.91 Å². The second kappa shape index (κ2) is 9.63. The van der Waals surface area contributed by atoms with E-state index in [4.69, 9.17) is 0 Å². The number of benzene rings is 1. The quantitative estimate of drug-likeness (QED) is 0.355. The molecule has 1 aromatic carbocycles. The fourth-order valence-corrected chi connectivity index (χ4v) is 3.47. The molecule has 0 saturated carbocycles. The molecule has 9 nitrogen and oxygen atoms in total. The van der Waals surface area contributed by atoms with Gasteiger partial charge in [-0.15, -0.1) is 10.2 Å². The fraction of sp³-hybridized carbons (Fsp3) is 0.0476. The third-order valence-corrected chi connectivity index (χ3v) is 5.07. The van der Waals surface area contributed by atoms with Crippen LogP contribution in [0.5, 0.6) is 0 Å². The van der Waals surface area contributed by atoms with Gasteiger partial charge in [0.15, 0.2) is 11.0 Å². The predicted molar refractivity (Wildman–Crippen MR) is 115 cm³/mol. The van der Waals surface area contributed by atoms with Gasteiger partial charge in [-0.05, 0) is 36.4 Å². The number of nitrogens with zero attached hydrogens (tertiary/aromatic N) is 5. The molecular formula is C21H17N7O2S. The minimum atomic E-state index is -0.447. The lowest BCUT2D eigenvalue weighted by atomic mass is 10.2. The summed E-state index contributed by atoms with van der Waals surface area (Å²) in [5, 5.41) is 9.10. The SMILES string of the molecule is O=C(CSc1nnc(-c2cccnc2)n1-c1ccccc1)NNC(=O)c1cccnc1. The first kappa shape index (κ1) is 20.2. The largest absolute Gasteiger partial charge is 0.272 e. The van der Waals surface area contributed by atoms with Crippen molar-refractivity contribution in [1.82, 2.24) is 35.6 Å². The van der Waals surface area contributed by atoms with E-state index in [2.05, 4.69) is 31.0 Å². The summed E-state index contributed by atoms with van der Waals surface area (Å²) in [6.07, 6.45) is 6.37. The third kappa shape index (κ3) is 4.93. The maximum Gasteiger partial charge on any atom is 0.271 e. The summed E-state index contributed by atoms with van der Waals surface area (Å²) in [6.45, 7) is 0. The molecule has 0 aliphatic rings. The molecule has 3 aromatic heterocycles. The number of nitrogens with one attached hydrogen (secondary N) is 2. The van der Waals surface area contributed by atoms with Crippen LogP contribution in [0.25, 0.3) is 17.1 Å². The van der Waals surface area contributed by atoms with Crippen LogP contribution in [0.1, 0.15) is 10.4 Å². The summed E-state index contributed by atoms with van der Waals surface area (Å²) in [5.41, 5.74) is 6.78. The van der Waals surface area contributed by atoms with E-state index in [0.717, 1.165) is 11.3 Å². The van der Waals surface area contributed by atoms with Gasteiger partial charge in [0.25, 0.3) is 5.91 Å². The van der Waals surface area contributed by atoms with Gasteiger partial charge >= 0.3 is 0 Å². The van der Waals surface area contributed by atoms with Gasteiger partial charge in [-0.2, -0.15) is 0 Å². The number of carbonyl (C=O) groups excluding carboxylic acids is 2. The molecule has 31 heavy (non-hydrogen) atoms. The number of amides is 2. The zero-order valence-corrected chi connectivity index (χ0v) is 17.0. The molecule has 0 aliphatic heterocycles. The second-order valence-electron chi connectivity index (χ2n) is 6.25. The normalized spacial score (nSPS) is 10.5. The Kier molecular flexibility index (Phi) is 6.29. The van der Waals surface area contributed by atoms with Crippen molar-refractivity contribution in [2.45, 2.75) is 5.16 Å². The molecule has 10 heteroatoms. The van der Waals surface area contributed by atoms with Crippen LogP contribution < -0.4 is 10.9 Å². The molecule has 2 N–H and O–H groups in total. The van der Waals surface area contributed by atoms with Crippen molar-refractivity contribution >= 4 is 23.6 Å². The van der Waals surface area contributed by atoms with Crippen LogP contribution >= 0.6 is 11.8 Å². The molecule has 0 bridgehead atoms. The minimum Gasteiger partial charge on any atom is -0.272 e. The lowest BCUT2D eigenvalue weighted by Crippen LogP contribution is -2.42. The van der Waals surface area contributed by atoms with Gasteiger partial charge in [0.1, 0.15) is 0 Å². The van der Waals surface area contributed by atoms with Gasteiger partial charge in [-0.25, -0.2) is 0 Å². The highest BCUT2D eigenvalue weighted by molar-refractivity contribution is 7.99. The Morgan fingerprint density at radius 2 is 1.65 bits per heavy atom. The van der Waals surface area contributed by atoms with Crippen molar-refractivity contribution in [2.24, 2.45) is 0 Å².